The smallest absolute Gasteiger partial charge is 0.339 e. The second-order valence-corrected chi connectivity index (χ2v) is 10.7. The van der Waals surface area contributed by atoms with E-state index in [1.807, 2.05) is 35.6 Å². The van der Waals surface area contributed by atoms with E-state index in [9.17, 15) is 18.5 Å². The Kier molecular flexibility index (Phi) is 8.66. The summed E-state index contributed by atoms with van der Waals surface area (Å²) in [6, 6.07) is 15.6. The molecule has 0 aliphatic rings. The fourth-order valence-electron chi connectivity index (χ4n) is 2.86. The van der Waals surface area contributed by atoms with E-state index < -0.39 is 16.0 Å². The summed E-state index contributed by atoms with van der Waals surface area (Å²) in [4.78, 5) is 12.6. The second-order valence-electron chi connectivity index (χ2n) is 7.13. The van der Waals surface area contributed by atoms with Crippen molar-refractivity contribution in [2.75, 3.05) is 12.4 Å². The van der Waals surface area contributed by atoms with Crippen LogP contribution in [0.25, 0.3) is 6.08 Å². The maximum atomic E-state index is 12.7. The van der Waals surface area contributed by atoms with E-state index in [0.29, 0.717) is 14.2 Å². The minimum atomic E-state index is -4.12. The number of nitrogens with zero attached hydrogens (tertiary/aromatic N) is 1. The van der Waals surface area contributed by atoms with Gasteiger partial charge >= 0.3 is 10.1 Å². The maximum absolute atomic E-state index is 12.7. The van der Waals surface area contributed by atoms with E-state index in [1.54, 1.807) is 24.3 Å². The highest BCUT2D eigenvalue weighted by Crippen LogP contribution is 2.36. The molecule has 3 rings (SSSR count). The Morgan fingerprint density at radius 1 is 1.11 bits per heavy atom. The van der Waals surface area contributed by atoms with Crippen molar-refractivity contribution in [1.29, 1.82) is 5.26 Å². The summed E-state index contributed by atoms with van der Waals surface area (Å²) in [6.45, 7) is 1.84. The Hall–Kier alpha value is -2.78. The van der Waals surface area contributed by atoms with Crippen LogP contribution in [0.1, 0.15) is 11.1 Å². The molecule has 3 aromatic carbocycles. The molecule has 35 heavy (non-hydrogen) atoms. The molecule has 0 aliphatic carbocycles. The van der Waals surface area contributed by atoms with Gasteiger partial charge in [-0.15, -0.1) is 0 Å². The van der Waals surface area contributed by atoms with Crippen LogP contribution < -0.4 is 14.2 Å². The number of hydrogen-bond donors (Lipinski definition) is 1. The Labute approximate surface area is 226 Å². The molecule has 0 atom stereocenters. The highest BCUT2D eigenvalue weighted by molar-refractivity contribution is 14.1. The Morgan fingerprint density at radius 3 is 2.43 bits per heavy atom. The lowest BCUT2D eigenvalue weighted by Crippen LogP contribution is -2.14. The Morgan fingerprint density at radius 2 is 1.80 bits per heavy atom. The van der Waals surface area contributed by atoms with Crippen LogP contribution >= 0.6 is 45.8 Å². The van der Waals surface area contributed by atoms with E-state index in [1.165, 1.54) is 43.5 Å². The predicted octanol–water partition coefficient (Wildman–Crippen LogP) is 6.23. The third-order valence-electron chi connectivity index (χ3n) is 4.61. The molecule has 0 heterocycles. The number of nitriles is 1. The van der Waals surface area contributed by atoms with Crippen molar-refractivity contribution in [2.24, 2.45) is 0 Å². The van der Waals surface area contributed by atoms with Gasteiger partial charge in [0.1, 0.15) is 16.5 Å². The van der Waals surface area contributed by atoms with Crippen molar-refractivity contribution < 1.29 is 22.1 Å². The van der Waals surface area contributed by atoms with Gasteiger partial charge in [0.2, 0.25) is 0 Å². The zero-order chi connectivity index (χ0) is 25.8. The summed E-state index contributed by atoms with van der Waals surface area (Å²) in [5, 5.41) is 12.7. The molecule has 0 saturated carbocycles. The fourth-order valence-corrected chi connectivity index (χ4v) is 5.04. The quantitative estimate of drug-likeness (QED) is 0.142. The summed E-state index contributed by atoms with van der Waals surface area (Å²) < 4.78 is 36.6. The minimum Gasteiger partial charge on any atom is -0.493 e. The molecular formula is C24H17Cl2IN2O5S. The van der Waals surface area contributed by atoms with E-state index in [2.05, 4.69) is 5.32 Å². The summed E-state index contributed by atoms with van der Waals surface area (Å²) in [6.07, 6.45) is 1.33. The first-order valence-electron chi connectivity index (χ1n) is 9.81. The average molecular weight is 643 g/mol. The molecule has 3 aromatic rings. The van der Waals surface area contributed by atoms with E-state index in [4.69, 9.17) is 32.1 Å². The largest absolute Gasteiger partial charge is 0.493 e. The van der Waals surface area contributed by atoms with Crippen LogP contribution in [0.5, 0.6) is 11.5 Å². The highest BCUT2D eigenvalue weighted by Gasteiger charge is 2.22. The first-order chi connectivity index (χ1) is 16.5. The SMILES string of the molecule is COc1cc(/C=C(/C#N)C(=O)Nc2cc(Cl)ccc2Cl)cc(I)c1OS(=O)(=O)c1ccc(C)cc1. The number of methoxy groups -OCH3 is 1. The van der Waals surface area contributed by atoms with Crippen LogP contribution in [0, 0.1) is 21.8 Å². The van der Waals surface area contributed by atoms with Gasteiger partial charge < -0.3 is 14.2 Å². The molecule has 0 unspecified atom stereocenters. The monoisotopic (exact) mass is 642 g/mol. The average Bonchev–Trinajstić information content (AvgIpc) is 2.81. The highest BCUT2D eigenvalue weighted by atomic mass is 127. The lowest BCUT2D eigenvalue weighted by atomic mass is 10.1. The van der Waals surface area contributed by atoms with E-state index in [0.717, 1.165) is 5.56 Å². The predicted molar refractivity (Wildman–Crippen MR) is 143 cm³/mol. The number of halogens is 3. The lowest BCUT2D eigenvalue weighted by Gasteiger charge is -2.14. The minimum absolute atomic E-state index is 0.00644. The topological polar surface area (TPSA) is 105 Å². The van der Waals surface area contributed by atoms with Gasteiger partial charge in [0.05, 0.1) is 21.4 Å². The van der Waals surface area contributed by atoms with Gasteiger partial charge in [-0.3, -0.25) is 4.79 Å². The standard InChI is InChI=1S/C24H17Cl2IN2O5S/c1-14-3-6-18(7-4-14)35(31,32)34-23-20(27)10-15(11-22(23)33-2)9-16(13-28)24(30)29-21-12-17(25)5-8-19(21)26/h3-12H,1-2H3,(H,29,30)/b16-9-. The number of carbonyl (C=O) groups excluding carboxylic acids is 1. The number of aryl methyl sites for hydroxylation is 1. The van der Waals surface area contributed by atoms with Gasteiger partial charge in [-0.2, -0.15) is 13.7 Å². The normalized spacial score (nSPS) is 11.5. The summed E-state index contributed by atoms with van der Waals surface area (Å²) in [7, 11) is -2.77. The van der Waals surface area contributed by atoms with Gasteiger partial charge in [0.15, 0.2) is 11.5 Å². The zero-order valence-corrected chi connectivity index (χ0v) is 22.8. The second kappa shape index (κ2) is 11.3. The first kappa shape index (κ1) is 26.8. The summed E-state index contributed by atoms with van der Waals surface area (Å²) in [5.41, 5.74) is 1.35. The van der Waals surface area contributed by atoms with Gasteiger partial charge in [0.25, 0.3) is 5.91 Å². The van der Waals surface area contributed by atoms with Gasteiger partial charge in [0, 0.05) is 5.02 Å². The van der Waals surface area contributed by atoms with Crippen LogP contribution in [-0.2, 0) is 14.9 Å². The number of carbonyl (C=O) groups is 1. The number of hydrogen-bond acceptors (Lipinski definition) is 6. The number of benzene rings is 3. The first-order valence-corrected chi connectivity index (χ1v) is 13.0. The van der Waals surface area contributed by atoms with Crippen LogP contribution in [0.2, 0.25) is 10.0 Å². The molecule has 11 heteroatoms. The molecule has 0 radical (unpaired) electrons. The number of rotatable bonds is 7. The third kappa shape index (κ3) is 6.67. The Bertz CT molecular complexity index is 1470. The van der Waals surface area contributed by atoms with Gasteiger partial charge in [-0.25, -0.2) is 0 Å². The van der Waals surface area contributed by atoms with Crippen LogP contribution in [0.3, 0.4) is 0 Å². The van der Waals surface area contributed by atoms with E-state index >= 15 is 0 Å². The third-order valence-corrected chi connectivity index (χ3v) is 7.21. The van der Waals surface area contributed by atoms with Crippen molar-refractivity contribution in [3.05, 3.63) is 84.9 Å². The number of anilines is 1. The van der Waals surface area contributed by atoms with E-state index in [-0.39, 0.29) is 32.7 Å². The molecule has 180 valence electrons. The molecule has 7 nitrogen and oxygen atoms in total. The van der Waals surface area contributed by atoms with Crippen molar-refractivity contribution in [2.45, 2.75) is 11.8 Å². The Balaban J connectivity index is 1.92. The fraction of sp³-hybridized carbons (Fsp3) is 0.0833. The number of ether oxygens (including phenoxy) is 1. The molecule has 1 N–H and O–H groups in total. The molecule has 0 bridgehead atoms. The van der Waals surface area contributed by atoms with Crippen molar-refractivity contribution in [3.63, 3.8) is 0 Å². The van der Waals surface area contributed by atoms with Gasteiger partial charge in [-0.1, -0.05) is 40.9 Å². The van der Waals surface area contributed by atoms with Crippen LogP contribution in [0.15, 0.2) is 65.1 Å². The van der Waals surface area contributed by atoms with Crippen molar-refractivity contribution in [1.82, 2.24) is 0 Å². The van der Waals surface area contributed by atoms with Crippen molar-refractivity contribution >= 4 is 73.6 Å². The summed E-state index contributed by atoms with van der Waals surface area (Å²) >= 11 is 13.9. The molecule has 1 amide bonds. The van der Waals surface area contributed by atoms with Gasteiger partial charge in [-0.05, 0) is 83.6 Å². The molecule has 0 aliphatic heterocycles. The maximum Gasteiger partial charge on any atom is 0.339 e. The molecule has 0 aromatic heterocycles. The van der Waals surface area contributed by atoms with Crippen LogP contribution in [-0.4, -0.2) is 21.4 Å². The molecule has 0 saturated heterocycles. The molecule has 0 spiro atoms. The molecular weight excluding hydrogens is 626 g/mol. The zero-order valence-electron chi connectivity index (χ0n) is 18.3. The number of amides is 1. The van der Waals surface area contributed by atoms with Crippen molar-refractivity contribution in [3.8, 4) is 17.6 Å². The summed E-state index contributed by atoms with van der Waals surface area (Å²) in [5.74, 6) is -0.609. The van der Waals surface area contributed by atoms with Crippen LogP contribution in [0.4, 0.5) is 5.69 Å². The number of nitrogens with one attached hydrogen (secondary N) is 1. The lowest BCUT2D eigenvalue weighted by molar-refractivity contribution is -0.112. The molecule has 0 fully saturated rings.